The average Bonchev–Trinajstić information content (AvgIpc) is 2.77. The molecular weight excluding hydrogens is 316 g/mol. The number of anilines is 1. The van der Waals surface area contributed by atoms with Gasteiger partial charge in [0, 0.05) is 19.6 Å². The van der Waals surface area contributed by atoms with Crippen LogP contribution < -0.4 is 10.2 Å². The largest absolute Gasteiger partial charge is 0.396 e. The van der Waals surface area contributed by atoms with Gasteiger partial charge in [-0.25, -0.2) is 4.90 Å². The van der Waals surface area contributed by atoms with Crippen LogP contribution in [0.5, 0.6) is 0 Å². The lowest BCUT2D eigenvalue weighted by Gasteiger charge is -2.17. The maximum absolute atomic E-state index is 12.5. The van der Waals surface area contributed by atoms with E-state index in [1.165, 1.54) is 4.90 Å². The Morgan fingerprint density at radius 3 is 2.78 bits per heavy atom. The van der Waals surface area contributed by atoms with Crippen LogP contribution in [0, 0.1) is 13.8 Å². The number of hydrogen-bond acceptors (Lipinski definition) is 5. The monoisotopic (exact) mass is 336 g/mol. The fourth-order valence-corrected chi connectivity index (χ4v) is 3.31. The first kappa shape index (κ1) is 17.5. The number of rotatable bonds is 6. The van der Waals surface area contributed by atoms with Crippen molar-refractivity contribution in [3.8, 4) is 0 Å². The number of nitrogens with zero attached hydrogens (tertiary/aromatic N) is 1. The van der Waals surface area contributed by atoms with Crippen molar-refractivity contribution < 1.29 is 19.5 Å². The summed E-state index contributed by atoms with van der Waals surface area (Å²) in [7, 11) is 0. The second kappa shape index (κ2) is 7.61. The van der Waals surface area contributed by atoms with Crippen molar-refractivity contribution >= 4 is 34.5 Å². The molecule has 0 saturated carbocycles. The highest BCUT2D eigenvalue weighted by atomic mass is 32.2. The number of carbonyl (C=O) groups is 3. The molecule has 0 radical (unpaired) electrons. The predicted molar refractivity (Wildman–Crippen MR) is 89.5 cm³/mol. The third-order valence-corrected chi connectivity index (χ3v) is 4.80. The van der Waals surface area contributed by atoms with Gasteiger partial charge in [-0.15, -0.1) is 0 Å². The van der Waals surface area contributed by atoms with Gasteiger partial charge in [-0.1, -0.05) is 12.1 Å². The Hall–Kier alpha value is -1.86. The van der Waals surface area contributed by atoms with E-state index in [0.29, 0.717) is 18.7 Å². The number of carbonyl (C=O) groups excluding carboxylic acids is 3. The number of aliphatic hydroxyl groups excluding tert-OH is 1. The Balaban J connectivity index is 2.08. The van der Waals surface area contributed by atoms with E-state index >= 15 is 0 Å². The zero-order chi connectivity index (χ0) is 17.0. The van der Waals surface area contributed by atoms with E-state index in [1.54, 1.807) is 12.1 Å². The van der Waals surface area contributed by atoms with E-state index in [0.717, 1.165) is 22.9 Å². The zero-order valence-corrected chi connectivity index (χ0v) is 14.0. The lowest BCUT2D eigenvalue weighted by molar-refractivity contribution is -0.124. The summed E-state index contributed by atoms with van der Waals surface area (Å²) in [6.07, 6.45) is 0.424. The molecule has 1 aromatic carbocycles. The van der Waals surface area contributed by atoms with E-state index in [1.807, 2.05) is 19.9 Å². The molecule has 0 bridgehead atoms. The fraction of sp³-hybridized carbons (Fsp3) is 0.438. The Morgan fingerprint density at radius 1 is 1.35 bits per heavy atom. The fourth-order valence-electron chi connectivity index (χ4n) is 2.33. The van der Waals surface area contributed by atoms with Crippen LogP contribution in [0.4, 0.5) is 10.5 Å². The van der Waals surface area contributed by atoms with Crippen molar-refractivity contribution in [2.75, 3.05) is 18.1 Å². The van der Waals surface area contributed by atoms with E-state index in [9.17, 15) is 14.4 Å². The number of hydrogen-bond donors (Lipinski definition) is 2. The minimum atomic E-state index is -0.698. The number of amides is 3. The number of nitrogens with one attached hydrogen (secondary N) is 1. The molecule has 2 N–H and O–H groups in total. The first-order valence-electron chi connectivity index (χ1n) is 7.44. The van der Waals surface area contributed by atoms with Crippen molar-refractivity contribution in [2.45, 2.75) is 31.9 Å². The van der Waals surface area contributed by atoms with E-state index in [-0.39, 0.29) is 30.1 Å². The van der Waals surface area contributed by atoms with Gasteiger partial charge in [0.2, 0.25) is 11.8 Å². The summed E-state index contributed by atoms with van der Waals surface area (Å²) in [5.41, 5.74) is 2.46. The number of aryl methyl sites for hydroxylation is 1. The molecule has 1 fully saturated rings. The smallest absolute Gasteiger partial charge is 0.293 e. The number of thioether (sulfide) groups is 1. The summed E-state index contributed by atoms with van der Waals surface area (Å²) < 4.78 is 0. The quantitative estimate of drug-likeness (QED) is 0.773. The molecule has 7 heteroatoms. The molecule has 3 amide bonds. The minimum absolute atomic E-state index is 0.00368. The van der Waals surface area contributed by atoms with Gasteiger partial charge in [-0.05, 0) is 49.2 Å². The normalized spacial score (nSPS) is 17.7. The van der Waals surface area contributed by atoms with Crippen LogP contribution in [0.2, 0.25) is 0 Å². The van der Waals surface area contributed by atoms with E-state index in [4.69, 9.17) is 5.11 Å². The lowest BCUT2D eigenvalue weighted by Crippen LogP contribution is -2.35. The Bertz CT molecular complexity index is 633. The maximum Gasteiger partial charge on any atom is 0.293 e. The summed E-state index contributed by atoms with van der Waals surface area (Å²) in [5.74, 6) is -0.647. The summed E-state index contributed by atoms with van der Waals surface area (Å²) in [5, 5.41) is 10.3. The van der Waals surface area contributed by atoms with Gasteiger partial charge in [-0.2, -0.15) is 0 Å². The Labute approximate surface area is 139 Å². The van der Waals surface area contributed by atoms with Crippen LogP contribution in [0.3, 0.4) is 0 Å². The third-order valence-electron chi connectivity index (χ3n) is 3.77. The third kappa shape index (κ3) is 3.92. The molecule has 1 aromatic rings. The van der Waals surface area contributed by atoms with Gasteiger partial charge in [0.15, 0.2) is 0 Å². The molecule has 1 aliphatic rings. The van der Waals surface area contributed by atoms with Gasteiger partial charge in [0.05, 0.1) is 5.69 Å². The molecule has 124 valence electrons. The molecule has 23 heavy (non-hydrogen) atoms. The molecule has 1 atom stereocenters. The van der Waals surface area contributed by atoms with Crippen LogP contribution in [0.15, 0.2) is 18.2 Å². The Morgan fingerprint density at radius 2 is 2.09 bits per heavy atom. The SMILES string of the molecule is Cc1cccc(N2C(=O)SC(CC(=O)NCCCO)C2=O)c1C. The second-order valence-corrected chi connectivity index (χ2v) is 6.55. The molecule has 2 rings (SSSR count). The summed E-state index contributed by atoms with van der Waals surface area (Å²) >= 11 is 0.886. The highest BCUT2D eigenvalue weighted by Crippen LogP contribution is 2.35. The van der Waals surface area contributed by atoms with Crippen LogP contribution in [-0.4, -0.2) is 40.6 Å². The minimum Gasteiger partial charge on any atom is -0.396 e. The maximum atomic E-state index is 12.5. The second-order valence-electron chi connectivity index (χ2n) is 5.40. The number of benzene rings is 1. The molecular formula is C16H20N2O4S. The van der Waals surface area contributed by atoms with Gasteiger partial charge in [0.25, 0.3) is 5.24 Å². The molecule has 1 unspecified atom stereocenters. The average molecular weight is 336 g/mol. The summed E-state index contributed by atoms with van der Waals surface area (Å²) in [6, 6.07) is 5.46. The van der Waals surface area contributed by atoms with Gasteiger partial charge in [-0.3, -0.25) is 14.4 Å². The molecule has 0 spiro atoms. The summed E-state index contributed by atoms with van der Waals surface area (Å²) in [4.78, 5) is 37.7. The van der Waals surface area contributed by atoms with Crippen molar-refractivity contribution in [2.24, 2.45) is 0 Å². The molecule has 0 aromatic heterocycles. The first-order chi connectivity index (χ1) is 11.0. The van der Waals surface area contributed by atoms with Crippen molar-refractivity contribution in [1.29, 1.82) is 0 Å². The van der Waals surface area contributed by atoms with Gasteiger partial charge < -0.3 is 10.4 Å². The van der Waals surface area contributed by atoms with Crippen LogP contribution in [0.1, 0.15) is 24.0 Å². The highest BCUT2D eigenvalue weighted by molar-refractivity contribution is 8.15. The van der Waals surface area contributed by atoms with Crippen molar-refractivity contribution in [3.05, 3.63) is 29.3 Å². The van der Waals surface area contributed by atoms with Crippen LogP contribution >= 0.6 is 11.8 Å². The molecule has 1 aliphatic heterocycles. The van der Waals surface area contributed by atoms with Gasteiger partial charge in [0.1, 0.15) is 5.25 Å². The van der Waals surface area contributed by atoms with Gasteiger partial charge >= 0.3 is 0 Å². The number of imide groups is 1. The van der Waals surface area contributed by atoms with Crippen molar-refractivity contribution in [1.82, 2.24) is 5.32 Å². The molecule has 1 heterocycles. The highest BCUT2D eigenvalue weighted by Gasteiger charge is 2.42. The summed E-state index contributed by atoms with van der Waals surface area (Å²) in [6.45, 7) is 4.14. The number of aliphatic hydroxyl groups is 1. The first-order valence-corrected chi connectivity index (χ1v) is 8.32. The standard InChI is InChI=1S/C16H20N2O4S/c1-10-5-3-6-12(11(10)2)18-15(21)13(23-16(18)22)9-14(20)17-7-4-8-19/h3,5-6,13,19H,4,7-9H2,1-2H3,(H,17,20). The van der Waals surface area contributed by atoms with Crippen molar-refractivity contribution in [3.63, 3.8) is 0 Å². The zero-order valence-electron chi connectivity index (χ0n) is 13.2. The lowest BCUT2D eigenvalue weighted by atomic mass is 10.1. The van der Waals surface area contributed by atoms with Crippen LogP contribution in [0.25, 0.3) is 0 Å². The van der Waals surface area contributed by atoms with E-state index < -0.39 is 5.25 Å². The Kier molecular flexibility index (Phi) is 5.79. The predicted octanol–water partition coefficient (Wildman–Crippen LogP) is 1.76. The molecule has 6 nitrogen and oxygen atoms in total. The topological polar surface area (TPSA) is 86.7 Å². The molecule has 1 saturated heterocycles. The molecule has 0 aliphatic carbocycles. The van der Waals surface area contributed by atoms with E-state index in [2.05, 4.69) is 5.32 Å². The van der Waals surface area contributed by atoms with Crippen LogP contribution in [-0.2, 0) is 9.59 Å².